The average Bonchev–Trinajstić information content (AvgIpc) is 2.38. The minimum absolute atomic E-state index is 0.0183. The maximum atomic E-state index is 13.9. The van der Waals surface area contributed by atoms with Gasteiger partial charge in [0.05, 0.1) is 5.69 Å². The van der Waals surface area contributed by atoms with Crippen molar-refractivity contribution in [2.45, 2.75) is 32.7 Å². The van der Waals surface area contributed by atoms with Crippen LogP contribution >= 0.6 is 0 Å². The molecule has 2 unspecified atom stereocenters. The van der Waals surface area contributed by atoms with E-state index in [9.17, 15) is 9.18 Å². The first-order valence-electron chi connectivity index (χ1n) is 6.86. The summed E-state index contributed by atoms with van der Waals surface area (Å²) in [7, 11) is 0. The Labute approximate surface area is 113 Å². The first-order valence-corrected chi connectivity index (χ1v) is 6.86. The Morgan fingerprint density at radius 1 is 1.42 bits per heavy atom. The summed E-state index contributed by atoms with van der Waals surface area (Å²) in [5, 5.41) is 2.96. The molecule has 1 aliphatic rings. The lowest BCUT2D eigenvalue weighted by molar-refractivity contribution is -0.119. The van der Waals surface area contributed by atoms with E-state index >= 15 is 0 Å². The van der Waals surface area contributed by atoms with E-state index in [2.05, 4.69) is 12.2 Å². The Bertz CT molecular complexity index is 450. The van der Waals surface area contributed by atoms with Crippen LogP contribution in [0.25, 0.3) is 0 Å². The number of anilines is 1. The van der Waals surface area contributed by atoms with Gasteiger partial charge >= 0.3 is 0 Å². The highest BCUT2D eigenvalue weighted by Gasteiger charge is 2.27. The molecule has 1 N–H and O–H groups in total. The number of hydrogen-bond acceptors (Lipinski definition) is 2. The van der Waals surface area contributed by atoms with Crippen molar-refractivity contribution in [1.82, 2.24) is 5.32 Å². The predicted octanol–water partition coefficient (Wildman–Crippen LogP) is 2.57. The molecule has 0 radical (unpaired) electrons. The lowest BCUT2D eigenvalue weighted by atomic mass is 9.91. The zero-order valence-corrected chi connectivity index (χ0v) is 11.5. The maximum absolute atomic E-state index is 13.9. The van der Waals surface area contributed by atoms with Crippen LogP contribution < -0.4 is 10.2 Å². The summed E-state index contributed by atoms with van der Waals surface area (Å²) in [5.74, 6) is 0.279. The number of hydrogen-bond donors (Lipinski definition) is 1. The number of carbonyl (C=O) groups is 1. The van der Waals surface area contributed by atoms with Crippen LogP contribution in [0.2, 0.25) is 0 Å². The molecule has 4 heteroatoms. The Morgan fingerprint density at radius 3 is 2.79 bits per heavy atom. The zero-order valence-electron chi connectivity index (χ0n) is 11.5. The molecule has 1 saturated heterocycles. The van der Waals surface area contributed by atoms with E-state index in [1.807, 2.05) is 11.0 Å². The molecule has 19 heavy (non-hydrogen) atoms. The second-order valence-electron chi connectivity index (χ2n) is 5.26. The molecule has 0 aromatic heterocycles. The highest BCUT2D eigenvalue weighted by molar-refractivity contribution is 5.73. The summed E-state index contributed by atoms with van der Waals surface area (Å²) in [6, 6.07) is 6.94. The van der Waals surface area contributed by atoms with E-state index in [0.717, 1.165) is 19.4 Å². The molecule has 3 nitrogen and oxygen atoms in total. The molecule has 1 aromatic carbocycles. The third-order valence-electron chi connectivity index (χ3n) is 3.72. The lowest BCUT2D eigenvalue weighted by Crippen LogP contribution is -2.50. The molecule has 0 bridgehead atoms. The van der Waals surface area contributed by atoms with E-state index in [1.165, 1.54) is 13.0 Å². The number of para-hydroxylation sites is 1. The van der Waals surface area contributed by atoms with Crippen molar-refractivity contribution in [3.05, 3.63) is 30.1 Å². The van der Waals surface area contributed by atoms with E-state index in [0.29, 0.717) is 18.2 Å². The summed E-state index contributed by atoms with van der Waals surface area (Å²) < 4.78 is 13.9. The van der Waals surface area contributed by atoms with E-state index in [4.69, 9.17) is 0 Å². The van der Waals surface area contributed by atoms with Gasteiger partial charge in [0.25, 0.3) is 0 Å². The Hall–Kier alpha value is -1.58. The number of nitrogens with one attached hydrogen (secondary N) is 1. The standard InChI is InChI=1S/C15H21FN2O/c1-3-12-8-13(17-11(2)19)10-18(9-12)15-7-5-4-6-14(15)16/h4-7,12-13H,3,8-10H2,1-2H3,(H,17,19). The van der Waals surface area contributed by atoms with Crippen molar-refractivity contribution >= 4 is 11.6 Å². The molecule has 1 heterocycles. The van der Waals surface area contributed by atoms with Crippen LogP contribution in [-0.4, -0.2) is 25.0 Å². The first kappa shape index (κ1) is 13.8. The molecule has 1 aliphatic heterocycles. The third-order valence-corrected chi connectivity index (χ3v) is 3.72. The number of benzene rings is 1. The van der Waals surface area contributed by atoms with Gasteiger partial charge in [0.1, 0.15) is 5.82 Å². The van der Waals surface area contributed by atoms with Crippen LogP contribution in [0, 0.1) is 11.7 Å². The molecule has 1 amide bonds. The van der Waals surface area contributed by atoms with Gasteiger partial charge in [-0.1, -0.05) is 25.5 Å². The van der Waals surface area contributed by atoms with Gasteiger partial charge in [0, 0.05) is 26.1 Å². The summed E-state index contributed by atoms with van der Waals surface area (Å²) in [6.07, 6.45) is 2.02. The zero-order chi connectivity index (χ0) is 13.8. The van der Waals surface area contributed by atoms with Crippen LogP contribution in [0.5, 0.6) is 0 Å². The smallest absolute Gasteiger partial charge is 0.217 e. The number of halogens is 1. The monoisotopic (exact) mass is 264 g/mol. The van der Waals surface area contributed by atoms with E-state index in [-0.39, 0.29) is 17.8 Å². The molecule has 2 rings (SSSR count). The van der Waals surface area contributed by atoms with Crippen LogP contribution in [0.1, 0.15) is 26.7 Å². The minimum atomic E-state index is -0.194. The summed E-state index contributed by atoms with van der Waals surface area (Å²) >= 11 is 0. The Balaban J connectivity index is 2.15. The molecule has 1 fully saturated rings. The fourth-order valence-electron chi connectivity index (χ4n) is 2.80. The summed E-state index contributed by atoms with van der Waals surface area (Å²) in [6.45, 7) is 5.20. The van der Waals surface area contributed by atoms with E-state index < -0.39 is 0 Å². The Kier molecular flexibility index (Phi) is 4.40. The average molecular weight is 264 g/mol. The van der Waals surface area contributed by atoms with Gasteiger partial charge in [-0.3, -0.25) is 4.79 Å². The topological polar surface area (TPSA) is 32.3 Å². The molecule has 0 spiro atoms. The fourth-order valence-corrected chi connectivity index (χ4v) is 2.80. The van der Waals surface area contributed by atoms with E-state index in [1.54, 1.807) is 12.1 Å². The normalized spacial score (nSPS) is 23.2. The van der Waals surface area contributed by atoms with Gasteiger partial charge in [-0.15, -0.1) is 0 Å². The molecule has 104 valence electrons. The largest absolute Gasteiger partial charge is 0.367 e. The van der Waals surface area contributed by atoms with Crippen molar-refractivity contribution < 1.29 is 9.18 Å². The van der Waals surface area contributed by atoms with Crippen molar-refractivity contribution in [2.75, 3.05) is 18.0 Å². The van der Waals surface area contributed by atoms with Crippen LogP contribution in [0.15, 0.2) is 24.3 Å². The van der Waals surface area contributed by atoms with Crippen LogP contribution in [0.4, 0.5) is 10.1 Å². The van der Waals surface area contributed by atoms with Crippen molar-refractivity contribution in [1.29, 1.82) is 0 Å². The third kappa shape index (κ3) is 3.46. The Morgan fingerprint density at radius 2 is 2.16 bits per heavy atom. The van der Waals surface area contributed by atoms with Gasteiger partial charge in [-0.25, -0.2) is 4.39 Å². The van der Waals surface area contributed by atoms with Crippen molar-refractivity contribution in [2.24, 2.45) is 5.92 Å². The SMILES string of the molecule is CCC1CC(NC(C)=O)CN(c2ccccc2F)C1. The highest BCUT2D eigenvalue weighted by atomic mass is 19.1. The van der Waals surface area contributed by atoms with Gasteiger partial charge in [-0.2, -0.15) is 0 Å². The van der Waals surface area contributed by atoms with Crippen molar-refractivity contribution in [3.63, 3.8) is 0 Å². The highest BCUT2D eigenvalue weighted by Crippen LogP contribution is 2.27. The molecule has 2 atom stereocenters. The molecule has 0 aliphatic carbocycles. The second-order valence-corrected chi connectivity index (χ2v) is 5.26. The van der Waals surface area contributed by atoms with Crippen LogP contribution in [-0.2, 0) is 4.79 Å². The summed E-state index contributed by atoms with van der Waals surface area (Å²) in [5.41, 5.74) is 0.635. The molecular weight excluding hydrogens is 243 g/mol. The van der Waals surface area contributed by atoms with Crippen LogP contribution in [0.3, 0.4) is 0 Å². The minimum Gasteiger partial charge on any atom is -0.367 e. The lowest BCUT2D eigenvalue weighted by Gasteiger charge is -2.39. The van der Waals surface area contributed by atoms with Gasteiger partial charge in [0.2, 0.25) is 5.91 Å². The fraction of sp³-hybridized carbons (Fsp3) is 0.533. The van der Waals surface area contributed by atoms with Gasteiger partial charge < -0.3 is 10.2 Å². The molecule has 1 aromatic rings. The quantitative estimate of drug-likeness (QED) is 0.910. The molecular formula is C15H21FN2O. The first-order chi connectivity index (χ1) is 9.10. The summed E-state index contributed by atoms with van der Waals surface area (Å²) in [4.78, 5) is 13.3. The second kappa shape index (κ2) is 6.04. The van der Waals surface area contributed by atoms with Crippen molar-refractivity contribution in [3.8, 4) is 0 Å². The van der Waals surface area contributed by atoms with Gasteiger partial charge in [-0.05, 0) is 24.5 Å². The number of carbonyl (C=O) groups excluding carboxylic acids is 1. The van der Waals surface area contributed by atoms with Gasteiger partial charge in [0.15, 0.2) is 0 Å². The number of amides is 1. The molecule has 0 saturated carbocycles. The number of nitrogens with zero attached hydrogens (tertiary/aromatic N) is 1. The predicted molar refractivity (Wildman–Crippen MR) is 74.6 cm³/mol. The maximum Gasteiger partial charge on any atom is 0.217 e. The number of piperidine rings is 1. The number of rotatable bonds is 3.